The number of ether oxygens (including phenoxy) is 2. The van der Waals surface area contributed by atoms with Gasteiger partial charge in [-0.15, -0.1) is 0 Å². The van der Waals surface area contributed by atoms with E-state index in [1.165, 1.54) is 23.9 Å². The second-order valence-electron chi connectivity index (χ2n) is 3.42. The van der Waals surface area contributed by atoms with Gasteiger partial charge in [0, 0.05) is 18.2 Å². The molecule has 0 saturated carbocycles. The molecule has 0 aromatic carbocycles. The van der Waals surface area contributed by atoms with Crippen LogP contribution in [0.25, 0.3) is 0 Å². The van der Waals surface area contributed by atoms with Crippen molar-refractivity contribution >= 4 is 17.8 Å². The number of hydrogen-bond donors (Lipinski definition) is 1. The minimum atomic E-state index is -0.706. The van der Waals surface area contributed by atoms with Crippen LogP contribution in [0.15, 0.2) is 36.7 Å². The molecule has 0 aliphatic rings. The van der Waals surface area contributed by atoms with E-state index in [0.717, 1.165) is 12.2 Å². The molecule has 2 N–H and O–H groups in total. The van der Waals surface area contributed by atoms with Crippen LogP contribution < -0.4 is 10.3 Å². The van der Waals surface area contributed by atoms with Crippen LogP contribution in [-0.2, 0) is 25.8 Å². The Labute approximate surface area is 109 Å². The molecular formula is C12H13N2O5+. The molecule has 7 nitrogen and oxygen atoms in total. The Balaban J connectivity index is 2.55. The molecule has 0 bridgehead atoms. The van der Waals surface area contributed by atoms with E-state index in [9.17, 15) is 14.4 Å². The number of aromatic nitrogens is 1. The molecule has 0 saturated heterocycles. The van der Waals surface area contributed by atoms with Crippen LogP contribution in [0.1, 0.15) is 10.4 Å². The Bertz CT molecular complexity index is 525. The van der Waals surface area contributed by atoms with Crippen molar-refractivity contribution < 1.29 is 28.4 Å². The van der Waals surface area contributed by atoms with E-state index in [1.54, 1.807) is 12.3 Å². The number of hydrogen-bond acceptors (Lipinski definition) is 5. The molecule has 0 radical (unpaired) electrons. The monoisotopic (exact) mass is 265 g/mol. The van der Waals surface area contributed by atoms with Crippen molar-refractivity contribution in [1.82, 2.24) is 0 Å². The molecule has 0 atom stereocenters. The van der Waals surface area contributed by atoms with Gasteiger partial charge >= 0.3 is 11.9 Å². The van der Waals surface area contributed by atoms with Crippen LogP contribution >= 0.6 is 0 Å². The molecule has 1 aromatic rings. The second-order valence-corrected chi connectivity index (χ2v) is 3.42. The molecule has 1 heterocycles. The van der Waals surface area contributed by atoms with Gasteiger partial charge in [-0.25, -0.2) is 9.59 Å². The number of nitrogens with zero attached hydrogens (tertiary/aromatic N) is 1. The number of amides is 1. The number of esters is 2. The van der Waals surface area contributed by atoms with E-state index in [4.69, 9.17) is 10.5 Å². The van der Waals surface area contributed by atoms with E-state index in [1.807, 2.05) is 0 Å². The number of methoxy groups -OCH3 is 1. The molecular weight excluding hydrogens is 252 g/mol. The third-order valence-electron chi connectivity index (χ3n) is 2.06. The molecule has 0 unspecified atom stereocenters. The van der Waals surface area contributed by atoms with Crippen molar-refractivity contribution in [3.8, 4) is 0 Å². The van der Waals surface area contributed by atoms with Gasteiger partial charge in [-0.2, -0.15) is 4.57 Å². The fourth-order valence-electron chi connectivity index (χ4n) is 1.14. The molecule has 1 amide bonds. The average molecular weight is 265 g/mol. The van der Waals surface area contributed by atoms with Crippen molar-refractivity contribution in [1.29, 1.82) is 0 Å². The third-order valence-corrected chi connectivity index (χ3v) is 2.06. The average Bonchev–Trinajstić information content (AvgIpc) is 2.42. The number of carbonyl (C=O) groups is 3. The van der Waals surface area contributed by atoms with Crippen molar-refractivity contribution in [3.63, 3.8) is 0 Å². The lowest BCUT2D eigenvalue weighted by atomic mass is 10.3. The molecule has 1 aromatic heterocycles. The Morgan fingerprint density at radius 2 is 2.00 bits per heavy atom. The van der Waals surface area contributed by atoms with Crippen LogP contribution in [0.3, 0.4) is 0 Å². The van der Waals surface area contributed by atoms with Gasteiger partial charge in [0.15, 0.2) is 12.4 Å². The van der Waals surface area contributed by atoms with Gasteiger partial charge in [0.05, 0.1) is 7.11 Å². The largest absolute Gasteiger partial charge is 0.466 e. The molecule has 1 rings (SSSR count). The molecule has 100 valence electrons. The maximum Gasteiger partial charge on any atom is 0.335 e. The zero-order chi connectivity index (χ0) is 14.3. The lowest BCUT2D eigenvalue weighted by Crippen LogP contribution is -2.36. The maximum absolute atomic E-state index is 11.2. The van der Waals surface area contributed by atoms with Gasteiger partial charge in [-0.3, -0.25) is 4.79 Å². The standard InChI is InChI=1S/C12H12N2O5/c1-18-10(15)4-5-11(16)19-8-14-6-2-3-9(7-14)12(13)17/h2-7H,8H2,1H3,(H-,13,17)/p+1/b5-4+. The summed E-state index contributed by atoms with van der Waals surface area (Å²) in [5.74, 6) is -1.94. The first-order valence-electron chi connectivity index (χ1n) is 5.24. The highest BCUT2D eigenvalue weighted by atomic mass is 16.5. The van der Waals surface area contributed by atoms with Gasteiger partial charge in [0.1, 0.15) is 5.56 Å². The van der Waals surface area contributed by atoms with E-state index < -0.39 is 17.8 Å². The fraction of sp³-hybridized carbons (Fsp3) is 0.167. The lowest BCUT2D eigenvalue weighted by Gasteiger charge is -1.99. The Morgan fingerprint density at radius 3 is 2.63 bits per heavy atom. The summed E-state index contributed by atoms with van der Waals surface area (Å²) in [7, 11) is 1.20. The van der Waals surface area contributed by atoms with Gasteiger partial charge in [0.2, 0.25) is 0 Å². The first-order chi connectivity index (χ1) is 9.02. The molecule has 0 spiro atoms. The molecule has 19 heavy (non-hydrogen) atoms. The van der Waals surface area contributed by atoms with Gasteiger partial charge < -0.3 is 15.2 Å². The normalized spacial score (nSPS) is 10.2. The smallest absolute Gasteiger partial charge is 0.335 e. The topological polar surface area (TPSA) is 99.6 Å². The van der Waals surface area contributed by atoms with Crippen molar-refractivity contribution in [2.75, 3.05) is 7.11 Å². The zero-order valence-corrected chi connectivity index (χ0v) is 10.2. The van der Waals surface area contributed by atoms with E-state index in [0.29, 0.717) is 5.56 Å². The second kappa shape index (κ2) is 6.90. The molecule has 0 aliphatic heterocycles. The maximum atomic E-state index is 11.2. The highest BCUT2D eigenvalue weighted by Gasteiger charge is 2.08. The van der Waals surface area contributed by atoms with Crippen molar-refractivity contribution in [3.05, 3.63) is 42.2 Å². The quantitative estimate of drug-likeness (QED) is 0.431. The summed E-state index contributed by atoms with van der Waals surface area (Å²) in [4.78, 5) is 32.9. The highest BCUT2D eigenvalue weighted by Crippen LogP contribution is 1.92. The van der Waals surface area contributed by atoms with E-state index in [-0.39, 0.29) is 6.73 Å². The molecule has 0 aliphatic carbocycles. The first kappa shape index (κ1) is 14.4. The van der Waals surface area contributed by atoms with Gasteiger partial charge in [-0.1, -0.05) is 0 Å². The Hall–Kier alpha value is -2.70. The number of pyridine rings is 1. The van der Waals surface area contributed by atoms with Crippen LogP contribution in [0.5, 0.6) is 0 Å². The summed E-state index contributed by atoms with van der Waals surface area (Å²) >= 11 is 0. The summed E-state index contributed by atoms with van der Waals surface area (Å²) in [5, 5.41) is 0. The third kappa shape index (κ3) is 4.99. The summed E-state index contributed by atoms with van der Waals surface area (Å²) in [5.41, 5.74) is 5.41. The van der Waals surface area contributed by atoms with Crippen LogP contribution in [0.2, 0.25) is 0 Å². The van der Waals surface area contributed by atoms with Crippen LogP contribution in [0, 0.1) is 0 Å². The number of primary amides is 1. The molecule has 7 heteroatoms. The number of rotatable bonds is 5. The van der Waals surface area contributed by atoms with Crippen molar-refractivity contribution in [2.24, 2.45) is 5.73 Å². The van der Waals surface area contributed by atoms with Gasteiger partial charge in [0.25, 0.3) is 12.6 Å². The predicted octanol–water partition coefficient (Wildman–Crippen LogP) is -0.697. The molecule has 0 fully saturated rings. The summed E-state index contributed by atoms with van der Waals surface area (Å²) < 4.78 is 10.6. The predicted molar refractivity (Wildman–Crippen MR) is 62.4 cm³/mol. The van der Waals surface area contributed by atoms with Gasteiger partial charge in [-0.05, 0) is 6.07 Å². The zero-order valence-electron chi connectivity index (χ0n) is 10.2. The summed E-state index contributed by atoms with van der Waals surface area (Å²) in [6.45, 7) is -0.106. The lowest BCUT2D eigenvalue weighted by molar-refractivity contribution is -0.727. The minimum absolute atomic E-state index is 0.106. The minimum Gasteiger partial charge on any atom is -0.466 e. The summed E-state index contributed by atoms with van der Waals surface area (Å²) in [6, 6.07) is 3.13. The fourth-order valence-corrected chi connectivity index (χ4v) is 1.14. The highest BCUT2D eigenvalue weighted by molar-refractivity contribution is 5.92. The summed E-state index contributed by atoms with van der Waals surface area (Å²) in [6.07, 6.45) is 4.94. The van der Waals surface area contributed by atoms with Crippen LogP contribution in [0.4, 0.5) is 0 Å². The SMILES string of the molecule is COC(=O)/C=C/C(=O)OC[n+]1cccc(C(N)=O)c1. The first-order valence-corrected chi connectivity index (χ1v) is 5.24. The van der Waals surface area contributed by atoms with E-state index >= 15 is 0 Å². The Morgan fingerprint density at radius 1 is 1.32 bits per heavy atom. The van der Waals surface area contributed by atoms with Crippen LogP contribution in [-0.4, -0.2) is 25.0 Å². The Kier molecular flexibility index (Phi) is 5.21. The number of carbonyl (C=O) groups excluding carboxylic acids is 3. The van der Waals surface area contributed by atoms with E-state index in [2.05, 4.69) is 4.74 Å². The van der Waals surface area contributed by atoms with Crippen molar-refractivity contribution in [2.45, 2.75) is 6.73 Å². The number of nitrogens with two attached hydrogens (primary N) is 1.